The average Bonchev–Trinajstić information content (AvgIpc) is 2.95. The van der Waals surface area contributed by atoms with Gasteiger partial charge in [-0.05, 0) is 56.0 Å². The van der Waals surface area contributed by atoms with E-state index >= 15 is 0 Å². The van der Waals surface area contributed by atoms with Crippen LogP contribution < -0.4 is 5.32 Å². The third-order valence-corrected chi connectivity index (χ3v) is 5.39. The van der Waals surface area contributed by atoms with Crippen LogP contribution in [0.3, 0.4) is 0 Å². The minimum absolute atomic E-state index is 0.295. The van der Waals surface area contributed by atoms with Crippen molar-refractivity contribution in [3.63, 3.8) is 0 Å². The molecule has 1 N–H and O–H groups in total. The van der Waals surface area contributed by atoms with Gasteiger partial charge in [0.25, 0.3) is 0 Å². The second-order valence-corrected chi connectivity index (χ2v) is 7.35. The largest absolute Gasteiger partial charge is 0.384 e. The summed E-state index contributed by atoms with van der Waals surface area (Å²) in [5, 5.41) is 3.63. The van der Waals surface area contributed by atoms with Crippen LogP contribution in [0.2, 0.25) is 0 Å². The fraction of sp³-hybridized carbons (Fsp3) is 0.667. The molecule has 3 rings (SSSR count). The highest BCUT2D eigenvalue weighted by Crippen LogP contribution is 2.42. The molecule has 2 atom stereocenters. The predicted octanol–water partition coefficient (Wildman–Crippen LogP) is 3.98. The maximum Gasteiger partial charge on any atom is 0.0379 e. The van der Waals surface area contributed by atoms with Crippen molar-refractivity contribution in [3.8, 4) is 0 Å². The van der Waals surface area contributed by atoms with Gasteiger partial charge < -0.3 is 10.2 Å². The minimum Gasteiger partial charge on any atom is -0.384 e. The summed E-state index contributed by atoms with van der Waals surface area (Å²) in [6.45, 7) is 9.38. The van der Waals surface area contributed by atoms with Crippen LogP contribution in [0.1, 0.15) is 57.1 Å². The first kappa shape index (κ1) is 13.9. The van der Waals surface area contributed by atoms with E-state index in [1.54, 1.807) is 5.56 Å². The van der Waals surface area contributed by atoms with Crippen molar-refractivity contribution < 1.29 is 0 Å². The standard InChI is InChI=1S/C18H28N2/c1-13(2)14-7-8-17-16(10-14)18(3,12-19-17)11-15-6-5-9-20(15)4/h7-8,10,13,15,19H,5-6,9,11-12H2,1-4H3/t15-,18?/m1/s1. The van der Waals surface area contributed by atoms with Crippen molar-refractivity contribution in [3.05, 3.63) is 29.3 Å². The van der Waals surface area contributed by atoms with Crippen LogP contribution in [0.25, 0.3) is 0 Å². The van der Waals surface area contributed by atoms with Crippen molar-refractivity contribution >= 4 is 5.69 Å². The number of hydrogen-bond acceptors (Lipinski definition) is 2. The van der Waals surface area contributed by atoms with E-state index in [1.165, 1.54) is 37.1 Å². The molecule has 1 unspecified atom stereocenters. The molecule has 1 aromatic carbocycles. The number of nitrogens with zero attached hydrogens (tertiary/aromatic N) is 1. The smallest absolute Gasteiger partial charge is 0.0379 e. The number of hydrogen-bond donors (Lipinski definition) is 1. The van der Waals surface area contributed by atoms with E-state index in [4.69, 9.17) is 0 Å². The van der Waals surface area contributed by atoms with Gasteiger partial charge in [0, 0.05) is 23.7 Å². The quantitative estimate of drug-likeness (QED) is 0.895. The van der Waals surface area contributed by atoms with E-state index in [-0.39, 0.29) is 0 Å². The second-order valence-electron chi connectivity index (χ2n) is 7.35. The highest BCUT2D eigenvalue weighted by molar-refractivity contribution is 5.61. The summed E-state index contributed by atoms with van der Waals surface area (Å²) in [4.78, 5) is 2.55. The first-order valence-corrected chi connectivity index (χ1v) is 8.08. The van der Waals surface area contributed by atoms with Gasteiger partial charge in [-0.25, -0.2) is 0 Å². The Morgan fingerprint density at radius 1 is 1.40 bits per heavy atom. The number of benzene rings is 1. The van der Waals surface area contributed by atoms with Gasteiger partial charge in [0.1, 0.15) is 0 Å². The lowest BCUT2D eigenvalue weighted by atomic mass is 9.77. The van der Waals surface area contributed by atoms with Crippen LogP contribution in [0.4, 0.5) is 5.69 Å². The van der Waals surface area contributed by atoms with E-state index < -0.39 is 0 Å². The molecular weight excluding hydrogens is 244 g/mol. The Balaban J connectivity index is 1.88. The summed E-state index contributed by atoms with van der Waals surface area (Å²) in [5.74, 6) is 0.610. The first-order chi connectivity index (χ1) is 9.49. The molecule has 0 bridgehead atoms. The lowest BCUT2D eigenvalue weighted by Gasteiger charge is -2.31. The maximum atomic E-state index is 3.63. The van der Waals surface area contributed by atoms with Crippen LogP contribution >= 0.6 is 0 Å². The van der Waals surface area contributed by atoms with Gasteiger partial charge in [0.15, 0.2) is 0 Å². The minimum atomic E-state index is 0.295. The van der Waals surface area contributed by atoms with Crippen LogP contribution in [-0.2, 0) is 5.41 Å². The van der Waals surface area contributed by atoms with Gasteiger partial charge in [0.05, 0.1) is 0 Å². The third-order valence-electron chi connectivity index (χ3n) is 5.39. The molecule has 2 aliphatic rings. The van der Waals surface area contributed by atoms with E-state index in [9.17, 15) is 0 Å². The lowest BCUT2D eigenvalue weighted by molar-refractivity contribution is 0.254. The van der Waals surface area contributed by atoms with Gasteiger partial charge in [-0.2, -0.15) is 0 Å². The molecule has 2 nitrogen and oxygen atoms in total. The molecule has 20 heavy (non-hydrogen) atoms. The molecule has 2 heteroatoms. The summed E-state index contributed by atoms with van der Waals surface area (Å²) in [5.41, 5.74) is 4.67. The molecule has 0 spiro atoms. The van der Waals surface area contributed by atoms with Gasteiger partial charge in [-0.3, -0.25) is 0 Å². The van der Waals surface area contributed by atoms with Crippen molar-refractivity contribution in [1.29, 1.82) is 0 Å². The fourth-order valence-corrected chi connectivity index (χ4v) is 3.90. The van der Waals surface area contributed by atoms with Crippen molar-refractivity contribution in [1.82, 2.24) is 4.90 Å². The molecule has 1 fully saturated rings. The topological polar surface area (TPSA) is 15.3 Å². The Labute approximate surface area is 123 Å². The lowest BCUT2D eigenvalue weighted by Crippen LogP contribution is -2.35. The predicted molar refractivity (Wildman–Crippen MR) is 86.6 cm³/mol. The van der Waals surface area contributed by atoms with Gasteiger partial charge >= 0.3 is 0 Å². The van der Waals surface area contributed by atoms with Crippen LogP contribution in [0, 0.1) is 0 Å². The third kappa shape index (κ3) is 2.35. The molecule has 0 aromatic heterocycles. The van der Waals surface area contributed by atoms with E-state index in [0.29, 0.717) is 11.3 Å². The number of fused-ring (bicyclic) bond motifs is 1. The Morgan fingerprint density at radius 3 is 2.85 bits per heavy atom. The van der Waals surface area contributed by atoms with Gasteiger partial charge in [0.2, 0.25) is 0 Å². The van der Waals surface area contributed by atoms with Crippen molar-refractivity contribution in [2.24, 2.45) is 0 Å². The molecule has 0 saturated carbocycles. The summed E-state index contributed by atoms with van der Waals surface area (Å²) >= 11 is 0. The fourth-order valence-electron chi connectivity index (χ4n) is 3.90. The molecule has 1 aromatic rings. The summed E-state index contributed by atoms with van der Waals surface area (Å²) in [6, 6.07) is 7.78. The second kappa shape index (κ2) is 5.07. The number of likely N-dealkylation sites (tertiary alicyclic amines) is 1. The van der Waals surface area contributed by atoms with Crippen LogP contribution in [-0.4, -0.2) is 31.1 Å². The highest BCUT2D eigenvalue weighted by atomic mass is 15.1. The van der Waals surface area contributed by atoms with E-state index in [1.807, 2.05) is 0 Å². The van der Waals surface area contributed by atoms with Gasteiger partial charge in [-0.15, -0.1) is 0 Å². The van der Waals surface area contributed by atoms with Crippen LogP contribution in [0.15, 0.2) is 18.2 Å². The average molecular weight is 272 g/mol. The number of rotatable bonds is 3. The summed E-state index contributed by atoms with van der Waals surface area (Å²) < 4.78 is 0. The Hall–Kier alpha value is -1.02. The molecule has 110 valence electrons. The Kier molecular flexibility index (Phi) is 3.53. The zero-order chi connectivity index (χ0) is 14.3. The summed E-state index contributed by atoms with van der Waals surface area (Å²) in [7, 11) is 2.29. The maximum absolute atomic E-state index is 3.63. The Bertz CT molecular complexity index is 494. The first-order valence-electron chi connectivity index (χ1n) is 8.08. The zero-order valence-electron chi connectivity index (χ0n) is 13.4. The van der Waals surface area contributed by atoms with Crippen molar-refractivity contribution in [2.45, 2.75) is 57.4 Å². The summed E-state index contributed by atoms with van der Waals surface area (Å²) in [6.07, 6.45) is 4.01. The highest BCUT2D eigenvalue weighted by Gasteiger charge is 2.38. The van der Waals surface area contributed by atoms with Gasteiger partial charge in [-0.1, -0.05) is 32.9 Å². The zero-order valence-corrected chi connectivity index (χ0v) is 13.4. The normalized spacial score (nSPS) is 29.8. The molecule has 2 heterocycles. The molecule has 0 amide bonds. The molecule has 1 saturated heterocycles. The Morgan fingerprint density at radius 2 is 2.20 bits per heavy atom. The van der Waals surface area contributed by atoms with Crippen LogP contribution in [0.5, 0.6) is 0 Å². The molecule has 0 aliphatic carbocycles. The van der Waals surface area contributed by atoms with E-state index in [0.717, 1.165) is 12.6 Å². The monoisotopic (exact) mass is 272 g/mol. The number of nitrogens with one attached hydrogen (secondary N) is 1. The SMILES string of the molecule is CC(C)c1ccc2c(c1)C(C)(C[C@H]1CCCN1C)CN2. The molecule has 0 radical (unpaired) electrons. The van der Waals surface area contributed by atoms with E-state index in [2.05, 4.69) is 56.2 Å². The molecule has 2 aliphatic heterocycles. The molecular formula is C18H28N2. The number of anilines is 1. The van der Waals surface area contributed by atoms with Crippen molar-refractivity contribution in [2.75, 3.05) is 25.5 Å².